The van der Waals surface area contributed by atoms with Crippen LogP contribution >= 0.6 is 0 Å². The molecule has 5 rings (SSSR count). The van der Waals surface area contributed by atoms with Crippen LogP contribution in [0.4, 0.5) is 13.2 Å². The van der Waals surface area contributed by atoms with Crippen LogP contribution in [0.25, 0.3) is 10.9 Å². The molecular weight excluding hydrogens is 495 g/mol. The molecule has 2 aliphatic rings. The molecular formula is C29H30F3N3O3. The van der Waals surface area contributed by atoms with Crippen molar-refractivity contribution < 1.29 is 27.9 Å². The number of piperidine rings is 2. The van der Waals surface area contributed by atoms with Crippen LogP contribution in [0.15, 0.2) is 54.7 Å². The van der Waals surface area contributed by atoms with Gasteiger partial charge in [-0.25, -0.2) is 0 Å². The maximum Gasteiger partial charge on any atom is 0.416 e. The molecule has 0 saturated carbocycles. The van der Waals surface area contributed by atoms with Crippen molar-refractivity contribution in [3.8, 4) is 0 Å². The van der Waals surface area contributed by atoms with Crippen molar-refractivity contribution in [2.24, 2.45) is 0 Å². The third-order valence-corrected chi connectivity index (χ3v) is 7.91. The Morgan fingerprint density at radius 1 is 1.11 bits per heavy atom. The number of halogens is 3. The lowest BCUT2D eigenvalue weighted by Crippen LogP contribution is -2.54. The van der Waals surface area contributed by atoms with E-state index < -0.39 is 28.8 Å². The molecule has 9 heteroatoms. The predicted molar refractivity (Wildman–Crippen MR) is 136 cm³/mol. The summed E-state index contributed by atoms with van der Waals surface area (Å²) in [7, 11) is 0. The number of alkyl halides is 3. The minimum absolute atomic E-state index is 0.267. The van der Waals surface area contributed by atoms with Crippen molar-refractivity contribution in [1.29, 1.82) is 0 Å². The summed E-state index contributed by atoms with van der Waals surface area (Å²) >= 11 is 0. The Bertz CT molecular complexity index is 1390. The fourth-order valence-electron chi connectivity index (χ4n) is 5.74. The van der Waals surface area contributed by atoms with Crippen LogP contribution in [0.2, 0.25) is 0 Å². The first kappa shape index (κ1) is 26.3. The lowest BCUT2D eigenvalue weighted by atomic mass is 9.75. The third-order valence-electron chi connectivity index (χ3n) is 7.91. The van der Waals surface area contributed by atoms with Crippen LogP contribution in [-0.2, 0) is 27.9 Å². The zero-order chi connectivity index (χ0) is 27.3. The van der Waals surface area contributed by atoms with Gasteiger partial charge in [0, 0.05) is 36.6 Å². The molecule has 200 valence electrons. The van der Waals surface area contributed by atoms with Gasteiger partial charge in [0.15, 0.2) is 0 Å². The lowest BCUT2D eigenvalue weighted by Gasteiger charge is -2.49. The highest BCUT2D eigenvalue weighted by Gasteiger charge is 2.44. The number of carbonyl (C=O) groups is 2. The first-order chi connectivity index (χ1) is 17.8. The van der Waals surface area contributed by atoms with Gasteiger partial charge in [-0.2, -0.15) is 13.2 Å². The van der Waals surface area contributed by atoms with Crippen LogP contribution in [-0.4, -0.2) is 38.9 Å². The first-order valence-electron chi connectivity index (χ1n) is 12.7. The van der Waals surface area contributed by atoms with Gasteiger partial charge in [-0.3, -0.25) is 24.8 Å². The van der Waals surface area contributed by atoms with E-state index in [1.54, 1.807) is 6.20 Å². The standard InChI is InChI=1S/C29H30F3N3O3/c1-27(2)17-28(38,11-12-35(27)16-18-3-5-21(6-4-18)29(30,31)32)22-7-9-24-19(14-22)13-20(15-33-24)23-8-10-25(36)34-26(23)37/h3-7,9,13-15,23,38H,8,10-12,16-17H2,1-2H3,(H,34,36,37)/t23?,28-/m1/s1. The van der Waals surface area contributed by atoms with E-state index in [-0.39, 0.29) is 18.2 Å². The number of rotatable bonds is 4. The Kier molecular flexibility index (Phi) is 6.55. The Balaban J connectivity index is 1.35. The summed E-state index contributed by atoms with van der Waals surface area (Å²) < 4.78 is 38.8. The maximum absolute atomic E-state index is 12.9. The molecule has 0 aliphatic carbocycles. The normalized spacial score (nSPS) is 24.4. The number of benzene rings is 2. The van der Waals surface area contributed by atoms with E-state index in [2.05, 4.69) is 15.2 Å². The van der Waals surface area contributed by atoms with Gasteiger partial charge in [0.1, 0.15) is 0 Å². The molecule has 0 radical (unpaired) electrons. The number of likely N-dealkylation sites (tertiary alicyclic amines) is 1. The maximum atomic E-state index is 12.9. The van der Waals surface area contributed by atoms with Crippen molar-refractivity contribution >= 4 is 22.7 Å². The second-order valence-electron chi connectivity index (χ2n) is 11.1. The average Bonchev–Trinajstić information content (AvgIpc) is 2.84. The van der Waals surface area contributed by atoms with Crippen LogP contribution in [0.3, 0.4) is 0 Å². The number of hydrogen-bond acceptors (Lipinski definition) is 5. The SMILES string of the molecule is CC1(C)C[C@@](O)(c2ccc3ncc(C4CCC(=O)NC4=O)cc3c2)CCN1Cc1ccc(C(F)(F)F)cc1. The van der Waals surface area contributed by atoms with Crippen LogP contribution in [0.5, 0.6) is 0 Å². The van der Waals surface area contributed by atoms with Gasteiger partial charge >= 0.3 is 6.18 Å². The number of nitrogens with one attached hydrogen (secondary N) is 1. The van der Waals surface area contributed by atoms with Gasteiger partial charge in [0.25, 0.3) is 0 Å². The van der Waals surface area contributed by atoms with E-state index in [1.807, 2.05) is 38.1 Å². The molecule has 2 saturated heterocycles. The summed E-state index contributed by atoms with van der Waals surface area (Å²) in [5, 5.41) is 15.0. The molecule has 3 heterocycles. The van der Waals surface area contributed by atoms with Gasteiger partial charge in [-0.05, 0) is 80.1 Å². The average molecular weight is 526 g/mol. The Hall–Kier alpha value is -3.30. The number of pyridine rings is 1. The highest BCUT2D eigenvalue weighted by molar-refractivity contribution is 6.01. The third kappa shape index (κ3) is 5.17. The summed E-state index contributed by atoms with van der Waals surface area (Å²) in [6.07, 6.45) is -1.08. The number of nitrogens with zero attached hydrogens (tertiary/aromatic N) is 2. The van der Waals surface area contributed by atoms with Gasteiger partial charge < -0.3 is 5.11 Å². The second-order valence-corrected chi connectivity index (χ2v) is 11.1. The molecule has 0 spiro atoms. The summed E-state index contributed by atoms with van der Waals surface area (Å²) in [5.74, 6) is -1.03. The molecule has 2 aromatic carbocycles. The molecule has 2 fully saturated rings. The van der Waals surface area contributed by atoms with E-state index >= 15 is 0 Å². The molecule has 6 nitrogen and oxygen atoms in total. The molecule has 3 aromatic rings. The van der Waals surface area contributed by atoms with Crippen LogP contribution < -0.4 is 5.32 Å². The van der Waals surface area contributed by atoms with Crippen molar-refractivity contribution in [3.05, 3.63) is 77.0 Å². The molecule has 0 bridgehead atoms. The van der Waals surface area contributed by atoms with E-state index in [1.165, 1.54) is 12.1 Å². The van der Waals surface area contributed by atoms with Crippen LogP contribution in [0.1, 0.15) is 67.7 Å². The molecule has 1 unspecified atom stereocenters. The Morgan fingerprint density at radius 2 is 1.84 bits per heavy atom. The largest absolute Gasteiger partial charge is 0.416 e. The van der Waals surface area contributed by atoms with Crippen molar-refractivity contribution in [1.82, 2.24) is 15.2 Å². The fraction of sp³-hybridized carbons (Fsp3) is 0.414. The number of aromatic nitrogens is 1. The summed E-state index contributed by atoms with van der Waals surface area (Å²) in [5.41, 5.74) is 0.839. The molecule has 38 heavy (non-hydrogen) atoms. The lowest BCUT2D eigenvalue weighted by molar-refractivity contribution is -0.138. The number of aliphatic hydroxyl groups is 1. The monoisotopic (exact) mass is 525 g/mol. The zero-order valence-electron chi connectivity index (χ0n) is 21.3. The number of fused-ring (bicyclic) bond motifs is 1. The summed E-state index contributed by atoms with van der Waals surface area (Å²) in [4.78, 5) is 30.6. The second kappa shape index (κ2) is 9.47. The van der Waals surface area contributed by atoms with Gasteiger partial charge in [-0.15, -0.1) is 0 Å². The minimum Gasteiger partial charge on any atom is -0.385 e. The molecule has 2 atom stereocenters. The van der Waals surface area contributed by atoms with E-state index in [0.29, 0.717) is 32.4 Å². The fourth-order valence-corrected chi connectivity index (χ4v) is 5.74. The van der Waals surface area contributed by atoms with Crippen LogP contribution in [0, 0.1) is 0 Å². The van der Waals surface area contributed by atoms with Gasteiger partial charge in [0.2, 0.25) is 11.8 Å². The molecule has 2 aliphatic heterocycles. The summed E-state index contributed by atoms with van der Waals surface area (Å²) in [6.45, 7) is 5.12. The minimum atomic E-state index is -4.36. The number of hydrogen-bond donors (Lipinski definition) is 2. The number of imide groups is 1. The number of amides is 2. The van der Waals surface area contributed by atoms with Gasteiger partial charge in [-0.1, -0.05) is 18.2 Å². The molecule has 2 amide bonds. The Labute approximate surface area is 218 Å². The van der Waals surface area contributed by atoms with E-state index in [4.69, 9.17) is 0 Å². The highest BCUT2D eigenvalue weighted by atomic mass is 19.4. The first-order valence-corrected chi connectivity index (χ1v) is 12.7. The van der Waals surface area contributed by atoms with Crippen molar-refractivity contribution in [2.75, 3.05) is 6.54 Å². The van der Waals surface area contributed by atoms with Crippen molar-refractivity contribution in [3.63, 3.8) is 0 Å². The topological polar surface area (TPSA) is 82.5 Å². The zero-order valence-corrected chi connectivity index (χ0v) is 21.3. The highest BCUT2D eigenvalue weighted by Crippen LogP contribution is 2.42. The predicted octanol–water partition coefficient (Wildman–Crippen LogP) is 5.04. The summed E-state index contributed by atoms with van der Waals surface area (Å²) in [6, 6.07) is 12.8. The Morgan fingerprint density at radius 3 is 2.50 bits per heavy atom. The molecule has 2 N–H and O–H groups in total. The van der Waals surface area contributed by atoms with E-state index in [0.717, 1.165) is 39.7 Å². The smallest absolute Gasteiger partial charge is 0.385 e. The van der Waals surface area contributed by atoms with E-state index in [9.17, 15) is 27.9 Å². The quantitative estimate of drug-likeness (QED) is 0.467. The van der Waals surface area contributed by atoms with Crippen molar-refractivity contribution in [2.45, 2.75) is 69.3 Å². The molecule has 1 aromatic heterocycles. The van der Waals surface area contributed by atoms with Gasteiger partial charge in [0.05, 0.1) is 22.6 Å². The number of carbonyl (C=O) groups excluding carboxylic acids is 2.